The van der Waals surface area contributed by atoms with Gasteiger partial charge in [0, 0.05) is 18.0 Å². The molecule has 1 heterocycles. The lowest BCUT2D eigenvalue weighted by atomic mass is 10.3. The summed E-state index contributed by atoms with van der Waals surface area (Å²) in [6.45, 7) is 0.313. The van der Waals surface area contributed by atoms with E-state index in [1.807, 2.05) is 6.07 Å². The summed E-state index contributed by atoms with van der Waals surface area (Å²) in [6, 6.07) is 11.6. The van der Waals surface area contributed by atoms with Gasteiger partial charge in [0.05, 0.1) is 28.2 Å². The van der Waals surface area contributed by atoms with Crippen LogP contribution in [0.2, 0.25) is 0 Å². The molecule has 0 atom stereocenters. The van der Waals surface area contributed by atoms with E-state index in [4.69, 9.17) is 10.00 Å². The molecular formula is C14H11N3O3S. The van der Waals surface area contributed by atoms with Crippen molar-refractivity contribution in [1.29, 1.82) is 5.26 Å². The molecule has 0 amide bonds. The van der Waals surface area contributed by atoms with Crippen LogP contribution in [0.3, 0.4) is 0 Å². The number of hydrogen-bond acceptors (Lipinski definition) is 6. The van der Waals surface area contributed by atoms with Gasteiger partial charge < -0.3 is 4.74 Å². The number of nitro groups is 1. The molecular weight excluding hydrogens is 290 g/mol. The molecule has 2 aromatic rings. The first-order chi connectivity index (χ1) is 10.2. The first kappa shape index (κ1) is 14.8. The number of ether oxygens (including phenoxy) is 1. The quantitative estimate of drug-likeness (QED) is 0.352. The molecule has 0 aliphatic carbocycles. The van der Waals surface area contributed by atoms with Gasteiger partial charge in [0.25, 0.3) is 0 Å². The SMILES string of the molecule is N#Cc1ccnc(SCCOc2ccccc2[N+](=O)[O-])c1. The summed E-state index contributed by atoms with van der Waals surface area (Å²) in [5.74, 6) is 0.829. The van der Waals surface area contributed by atoms with Crippen LogP contribution < -0.4 is 4.74 Å². The lowest BCUT2D eigenvalue weighted by Gasteiger charge is -2.06. The Bertz CT molecular complexity index is 685. The minimum Gasteiger partial charge on any atom is -0.486 e. The van der Waals surface area contributed by atoms with Crippen LogP contribution in [0.1, 0.15) is 5.56 Å². The van der Waals surface area contributed by atoms with E-state index in [-0.39, 0.29) is 11.4 Å². The Balaban J connectivity index is 1.88. The van der Waals surface area contributed by atoms with Gasteiger partial charge in [0.15, 0.2) is 5.75 Å². The largest absolute Gasteiger partial charge is 0.486 e. The van der Waals surface area contributed by atoms with Gasteiger partial charge in [-0.15, -0.1) is 11.8 Å². The smallest absolute Gasteiger partial charge is 0.310 e. The van der Waals surface area contributed by atoms with Gasteiger partial charge in [-0.05, 0) is 18.2 Å². The molecule has 0 saturated carbocycles. The molecule has 0 spiro atoms. The molecule has 0 unspecified atom stereocenters. The topological polar surface area (TPSA) is 89.0 Å². The number of para-hydroxylation sites is 2. The molecule has 6 nitrogen and oxygen atoms in total. The Labute approximate surface area is 125 Å². The number of benzene rings is 1. The summed E-state index contributed by atoms with van der Waals surface area (Å²) < 4.78 is 5.42. The molecule has 7 heteroatoms. The van der Waals surface area contributed by atoms with Gasteiger partial charge in [-0.2, -0.15) is 5.26 Å². The Hall–Kier alpha value is -2.59. The van der Waals surface area contributed by atoms with Crippen molar-refractivity contribution in [3.8, 4) is 11.8 Å². The van der Waals surface area contributed by atoms with Gasteiger partial charge in [-0.1, -0.05) is 12.1 Å². The maximum atomic E-state index is 10.8. The fourth-order valence-electron chi connectivity index (χ4n) is 1.59. The Morgan fingerprint density at radius 2 is 2.19 bits per heavy atom. The summed E-state index contributed by atoms with van der Waals surface area (Å²) in [5, 5.41) is 20.3. The number of pyridine rings is 1. The molecule has 0 fully saturated rings. The Kier molecular flexibility index (Phi) is 5.12. The van der Waals surface area contributed by atoms with Crippen LogP contribution in [0.15, 0.2) is 47.6 Å². The monoisotopic (exact) mass is 301 g/mol. The molecule has 21 heavy (non-hydrogen) atoms. The number of rotatable bonds is 6. The zero-order chi connectivity index (χ0) is 15.1. The van der Waals surface area contributed by atoms with Crippen LogP contribution >= 0.6 is 11.8 Å². The summed E-state index contributed by atoms with van der Waals surface area (Å²) in [4.78, 5) is 14.5. The highest BCUT2D eigenvalue weighted by Gasteiger charge is 2.13. The van der Waals surface area contributed by atoms with Gasteiger partial charge >= 0.3 is 5.69 Å². The van der Waals surface area contributed by atoms with Crippen LogP contribution in [-0.2, 0) is 0 Å². The average molecular weight is 301 g/mol. The summed E-state index contributed by atoms with van der Waals surface area (Å²) >= 11 is 1.43. The Morgan fingerprint density at radius 3 is 2.95 bits per heavy atom. The van der Waals surface area contributed by atoms with Crippen molar-refractivity contribution >= 4 is 17.4 Å². The molecule has 1 aromatic carbocycles. The van der Waals surface area contributed by atoms with Gasteiger partial charge in [0.2, 0.25) is 0 Å². The third-order valence-electron chi connectivity index (χ3n) is 2.52. The molecule has 2 rings (SSSR count). The summed E-state index contributed by atoms with van der Waals surface area (Å²) in [5.41, 5.74) is 0.499. The predicted octanol–water partition coefficient (Wildman–Crippen LogP) is 3.03. The van der Waals surface area contributed by atoms with Crippen LogP contribution in [0, 0.1) is 21.4 Å². The molecule has 0 aliphatic rings. The maximum absolute atomic E-state index is 10.8. The highest BCUT2D eigenvalue weighted by molar-refractivity contribution is 7.99. The first-order valence-electron chi connectivity index (χ1n) is 6.06. The van der Waals surface area contributed by atoms with Crippen molar-refractivity contribution in [2.75, 3.05) is 12.4 Å². The molecule has 0 N–H and O–H groups in total. The molecule has 0 bridgehead atoms. The van der Waals surface area contributed by atoms with Crippen LogP contribution in [0.5, 0.6) is 5.75 Å². The number of hydrogen-bond donors (Lipinski definition) is 0. The van der Waals surface area contributed by atoms with Crippen molar-refractivity contribution in [2.24, 2.45) is 0 Å². The lowest BCUT2D eigenvalue weighted by Crippen LogP contribution is -2.02. The predicted molar refractivity (Wildman–Crippen MR) is 78.3 cm³/mol. The minimum atomic E-state index is -0.472. The van der Waals surface area contributed by atoms with E-state index in [2.05, 4.69) is 4.98 Å². The van der Waals surface area contributed by atoms with Crippen LogP contribution in [0.25, 0.3) is 0 Å². The van der Waals surface area contributed by atoms with E-state index in [0.29, 0.717) is 17.9 Å². The average Bonchev–Trinajstić information content (AvgIpc) is 2.52. The first-order valence-corrected chi connectivity index (χ1v) is 7.04. The van der Waals surface area contributed by atoms with E-state index in [1.54, 1.807) is 36.5 Å². The standard InChI is InChI=1S/C14H11N3O3S/c15-10-11-5-6-16-14(9-11)21-8-7-20-13-4-2-1-3-12(13)17(18)19/h1-6,9H,7-8H2. The van der Waals surface area contributed by atoms with Gasteiger partial charge in [0.1, 0.15) is 0 Å². The number of nitriles is 1. The Morgan fingerprint density at radius 1 is 1.38 bits per heavy atom. The third-order valence-corrected chi connectivity index (χ3v) is 3.41. The third kappa shape index (κ3) is 4.19. The van der Waals surface area contributed by atoms with Crippen molar-refractivity contribution in [1.82, 2.24) is 4.98 Å². The highest BCUT2D eigenvalue weighted by Crippen LogP contribution is 2.26. The zero-order valence-electron chi connectivity index (χ0n) is 10.9. The molecule has 0 aliphatic heterocycles. The molecule has 1 aromatic heterocycles. The number of nitrogens with zero attached hydrogens (tertiary/aromatic N) is 3. The van der Waals surface area contributed by atoms with Crippen molar-refractivity contribution in [3.05, 3.63) is 58.3 Å². The summed E-state index contributed by atoms with van der Waals surface area (Å²) in [7, 11) is 0. The fourth-order valence-corrected chi connectivity index (χ4v) is 2.31. The zero-order valence-corrected chi connectivity index (χ0v) is 11.7. The number of aromatic nitrogens is 1. The highest BCUT2D eigenvalue weighted by atomic mass is 32.2. The van der Waals surface area contributed by atoms with E-state index in [0.717, 1.165) is 5.03 Å². The molecule has 0 saturated heterocycles. The molecule has 0 radical (unpaired) electrons. The van der Waals surface area contributed by atoms with Crippen LogP contribution in [-0.4, -0.2) is 22.3 Å². The van der Waals surface area contributed by atoms with Crippen molar-refractivity contribution < 1.29 is 9.66 Å². The number of thioether (sulfide) groups is 1. The van der Waals surface area contributed by atoms with E-state index >= 15 is 0 Å². The van der Waals surface area contributed by atoms with Gasteiger partial charge in [-0.25, -0.2) is 4.98 Å². The van der Waals surface area contributed by atoms with Crippen molar-refractivity contribution in [2.45, 2.75) is 5.03 Å². The second-order valence-corrected chi connectivity index (χ2v) is 5.03. The number of nitro benzene ring substituents is 1. The lowest BCUT2D eigenvalue weighted by molar-refractivity contribution is -0.385. The second-order valence-electron chi connectivity index (χ2n) is 3.92. The minimum absolute atomic E-state index is 0.0490. The van der Waals surface area contributed by atoms with E-state index in [9.17, 15) is 10.1 Å². The van der Waals surface area contributed by atoms with Gasteiger partial charge in [-0.3, -0.25) is 10.1 Å². The summed E-state index contributed by atoms with van der Waals surface area (Å²) in [6.07, 6.45) is 1.57. The van der Waals surface area contributed by atoms with E-state index in [1.165, 1.54) is 17.8 Å². The van der Waals surface area contributed by atoms with Crippen LogP contribution in [0.4, 0.5) is 5.69 Å². The second kappa shape index (κ2) is 7.26. The maximum Gasteiger partial charge on any atom is 0.310 e. The molecule has 106 valence electrons. The normalized spacial score (nSPS) is 9.86. The fraction of sp³-hybridized carbons (Fsp3) is 0.143. The van der Waals surface area contributed by atoms with E-state index < -0.39 is 4.92 Å². The van der Waals surface area contributed by atoms with Crippen molar-refractivity contribution in [3.63, 3.8) is 0 Å².